The van der Waals surface area contributed by atoms with Crippen LogP contribution in [0.2, 0.25) is 0 Å². The number of piperidine rings is 2. The van der Waals surface area contributed by atoms with Gasteiger partial charge in [-0.15, -0.1) is 11.3 Å². The smallest absolute Gasteiger partial charge is 0.398 e. The molecule has 2 aromatic rings. The number of rotatable bonds is 7. The highest BCUT2D eigenvalue weighted by atomic mass is 32.1. The molecular formula is C33H40F6N6O3S. The molecule has 0 unspecified atom stereocenters. The molecule has 49 heavy (non-hydrogen) atoms. The molecule has 0 spiro atoms. The predicted octanol–water partition coefficient (Wildman–Crippen LogP) is 6.04. The number of hydrogen-bond acceptors (Lipinski definition) is 6. The Balaban J connectivity index is 1.18. The van der Waals surface area contributed by atoms with Gasteiger partial charge in [0.25, 0.3) is 0 Å². The zero-order valence-electron chi connectivity index (χ0n) is 26.9. The van der Waals surface area contributed by atoms with Crippen molar-refractivity contribution in [2.75, 3.05) is 50.3 Å². The van der Waals surface area contributed by atoms with E-state index < -0.39 is 53.3 Å². The van der Waals surface area contributed by atoms with Crippen LogP contribution in [0, 0.1) is 5.92 Å². The van der Waals surface area contributed by atoms with Crippen LogP contribution in [0.3, 0.4) is 0 Å². The number of likely N-dealkylation sites (tertiary alicyclic amines) is 3. The molecular weight excluding hydrogens is 674 g/mol. The monoisotopic (exact) mass is 714 g/mol. The molecule has 1 aromatic heterocycles. The lowest BCUT2D eigenvalue weighted by atomic mass is 9.90. The van der Waals surface area contributed by atoms with Gasteiger partial charge in [0, 0.05) is 49.6 Å². The van der Waals surface area contributed by atoms with Crippen LogP contribution in [0.1, 0.15) is 66.5 Å². The number of amides is 4. The maximum Gasteiger partial charge on any atom is 0.418 e. The molecule has 16 heteroatoms. The summed E-state index contributed by atoms with van der Waals surface area (Å²) in [5.41, 5.74) is 1.11. The van der Waals surface area contributed by atoms with Gasteiger partial charge in [-0.25, -0.2) is 4.79 Å². The molecule has 5 heterocycles. The van der Waals surface area contributed by atoms with Gasteiger partial charge in [0.2, 0.25) is 11.8 Å². The molecule has 268 valence electrons. The lowest BCUT2D eigenvalue weighted by Gasteiger charge is -2.40. The van der Waals surface area contributed by atoms with Gasteiger partial charge in [-0.1, -0.05) is 0 Å². The van der Waals surface area contributed by atoms with Gasteiger partial charge in [-0.05, 0) is 87.2 Å². The number of anilines is 2. The standard InChI is InChI=1S/C33H40F6N6O3S/c34-32(35,36)24-16-20(17-25(29(24)40)33(37,38)39)15-21(30(47)44-12-3-22(4-13-44)42-8-1-2-9-42)18-28(46)43-10-5-23(6-11-43)45-19-27-26(7-14-49-27)41-31(45)48/h7,14,16-17,21-23H,1-6,8-13,15,18-19,40H2,(H,41,48)/t21-/m0/s1. The third-order valence-electron chi connectivity index (χ3n) is 10.4. The first-order chi connectivity index (χ1) is 23.2. The van der Waals surface area contributed by atoms with E-state index >= 15 is 0 Å². The molecule has 3 saturated heterocycles. The summed E-state index contributed by atoms with van der Waals surface area (Å²) in [5.74, 6) is -2.04. The van der Waals surface area contributed by atoms with Gasteiger partial charge in [0.15, 0.2) is 0 Å². The molecule has 0 bridgehead atoms. The molecule has 3 N–H and O–H groups in total. The number of thiophene rings is 1. The quantitative estimate of drug-likeness (QED) is 0.269. The van der Waals surface area contributed by atoms with Crippen molar-refractivity contribution < 1.29 is 40.7 Å². The highest BCUT2D eigenvalue weighted by Crippen LogP contribution is 2.42. The number of halogens is 6. The summed E-state index contributed by atoms with van der Waals surface area (Å²) in [4.78, 5) is 48.7. The van der Waals surface area contributed by atoms with Gasteiger partial charge in [0.05, 0.1) is 35.0 Å². The van der Waals surface area contributed by atoms with E-state index in [0.29, 0.717) is 76.6 Å². The van der Waals surface area contributed by atoms with Gasteiger partial charge < -0.3 is 30.7 Å². The Morgan fingerprint density at radius 3 is 2.04 bits per heavy atom. The zero-order valence-corrected chi connectivity index (χ0v) is 27.7. The van der Waals surface area contributed by atoms with Crippen LogP contribution in [0.15, 0.2) is 23.6 Å². The second-order valence-corrected chi connectivity index (χ2v) is 14.4. The average Bonchev–Trinajstić information content (AvgIpc) is 3.76. The molecule has 0 saturated carbocycles. The zero-order chi connectivity index (χ0) is 35.1. The lowest BCUT2D eigenvalue weighted by molar-refractivity contribution is -0.143. The van der Waals surface area contributed by atoms with Crippen molar-refractivity contribution in [1.82, 2.24) is 19.6 Å². The second kappa shape index (κ2) is 14.0. The maximum absolute atomic E-state index is 14.0. The third kappa shape index (κ3) is 7.79. The highest BCUT2D eigenvalue weighted by molar-refractivity contribution is 7.10. The van der Waals surface area contributed by atoms with Crippen molar-refractivity contribution in [2.45, 2.75) is 82.3 Å². The Bertz CT molecular complexity index is 1510. The second-order valence-electron chi connectivity index (χ2n) is 13.4. The molecule has 9 nitrogen and oxygen atoms in total. The summed E-state index contributed by atoms with van der Waals surface area (Å²) in [5, 5.41) is 4.79. The van der Waals surface area contributed by atoms with Crippen molar-refractivity contribution in [3.8, 4) is 0 Å². The third-order valence-corrected chi connectivity index (χ3v) is 11.3. The van der Waals surface area contributed by atoms with Crippen LogP contribution < -0.4 is 11.1 Å². The van der Waals surface area contributed by atoms with Crippen molar-refractivity contribution >= 4 is 40.6 Å². The fraction of sp³-hybridized carbons (Fsp3) is 0.606. The number of nitrogens with zero attached hydrogens (tertiary/aromatic N) is 4. The summed E-state index contributed by atoms with van der Waals surface area (Å²) in [6, 6.07) is 2.94. The summed E-state index contributed by atoms with van der Waals surface area (Å²) in [6.07, 6.45) is -6.56. The minimum absolute atomic E-state index is 0.120. The molecule has 1 atom stereocenters. The number of carbonyl (C=O) groups excluding carboxylic acids is 3. The van der Waals surface area contributed by atoms with E-state index in [-0.39, 0.29) is 24.1 Å². The molecule has 4 aliphatic rings. The fourth-order valence-corrected chi connectivity index (χ4v) is 8.53. The van der Waals surface area contributed by atoms with Gasteiger partial charge >= 0.3 is 18.4 Å². The van der Waals surface area contributed by atoms with E-state index in [1.54, 1.807) is 26.0 Å². The van der Waals surface area contributed by atoms with Crippen LogP contribution in [-0.2, 0) is 34.9 Å². The van der Waals surface area contributed by atoms with E-state index in [9.17, 15) is 40.7 Å². The van der Waals surface area contributed by atoms with E-state index in [0.717, 1.165) is 36.5 Å². The Kier molecular flexibility index (Phi) is 10.1. The predicted molar refractivity (Wildman–Crippen MR) is 172 cm³/mol. The summed E-state index contributed by atoms with van der Waals surface area (Å²) < 4.78 is 83.0. The highest BCUT2D eigenvalue weighted by Gasteiger charge is 2.42. The van der Waals surface area contributed by atoms with Gasteiger partial charge in [0.1, 0.15) is 0 Å². The van der Waals surface area contributed by atoms with Crippen LogP contribution in [0.4, 0.5) is 42.5 Å². The number of hydrogen-bond donors (Lipinski definition) is 2. The van der Waals surface area contributed by atoms with Crippen LogP contribution in [0.5, 0.6) is 0 Å². The fourth-order valence-electron chi connectivity index (χ4n) is 7.70. The average molecular weight is 715 g/mol. The summed E-state index contributed by atoms with van der Waals surface area (Å²) in [7, 11) is 0. The minimum atomic E-state index is -5.16. The van der Waals surface area contributed by atoms with Gasteiger partial charge in [-0.2, -0.15) is 26.3 Å². The molecule has 4 amide bonds. The first-order valence-corrected chi connectivity index (χ1v) is 17.6. The minimum Gasteiger partial charge on any atom is -0.398 e. The molecule has 0 radical (unpaired) electrons. The number of nitrogens with one attached hydrogen (secondary N) is 1. The summed E-state index contributed by atoms with van der Waals surface area (Å²) in [6.45, 7) is 3.82. The number of fused-ring (bicyclic) bond motifs is 1. The maximum atomic E-state index is 14.0. The number of nitrogens with two attached hydrogens (primary N) is 1. The Morgan fingerprint density at radius 2 is 1.45 bits per heavy atom. The molecule has 6 rings (SSSR count). The van der Waals surface area contributed by atoms with Crippen LogP contribution >= 0.6 is 11.3 Å². The first-order valence-electron chi connectivity index (χ1n) is 16.7. The molecule has 3 fully saturated rings. The molecule has 4 aliphatic heterocycles. The number of carbonyl (C=O) groups is 3. The Labute approximate surface area is 284 Å². The normalized spacial score (nSPS) is 20.8. The van der Waals surface area contributed by atoms with E-state index in [2.05, 4.69) is 10.2 Å². The first kappa shape index (κ1) is 35.3. The van der Waals surface area contributed by atoms with Crippen LogP contribution in [-0.4, -0.2) is 88.8 Å². The summed E-state index contributed by atoms with van der Waals surface area (Å²) >= 11 is 1.54. The largest absolute Gasteiger partial charge is 0.418 e. The van der Waals surface area contributed by atoms with Crippen molar-refractivity contribution in [3.05, 3.63) is 45.1 Å². The molecule has 1 aromatic carbocycles. The SMILES string of the molecule is Nc1c(C(F)(F)F)cc(C[C@@H](CC(=O)N2CCC(N3Cc4sccc4NC3=O)CC2)C(=O)N2CCC(N3CCCC3)CC2)cc1C(F)(F)F. The number of benzene rings is 1. The van der Waals surface area contributed by atoms with Crippen LogP contribution in [0.25, 0.3) is 0 Å². The van der Waals surface area contributed by atoms with Gasteiger partial charge in [-0.3, -0.25) is 9.59 Å². The number of alkyl halides is 6. The van der Waals surface area contributed by atoms with E-state index in [4.69, 9.17) is 5.73 Å². The van der Waals surface area contributed by atoms with Crippen molar-refractivity contribution in [3.63, 3.8) is 0 Å². The Hall–Kier alpha value is -3.53. The van der Waals surface area contributed by atoms with Crippen molar-refractivity contribution in [2.24, 2.45) is 5.92 Å². The van der Waals surface area contributed by atoms with E-state index in [1.807, 2.05) is 11.4 Å². The van der Waals surface area contributed by atoms with Crippen molar-refractivity contribution in [1.29, 1.82) is 0 Å². The number of urea groups is 1. The lowest BCUT2D eigenvalue weighted by Crippen LogP contribution is -2.51. The van der Waals surface area contributed by atoms with E-state index in [1.165, 1.54) is 0 Å². The number of nitrogen functional groups attached to an aromatic ring is 1. The topological polar surface area (TPSA) is 102 Å². The molecule has 0 aliphatic carbocycles. The Morgan fingerprint density at radius 1 is 0.878 bits per heavy atom.